The molecule has 100 valence electrons. The molecule has 0 aliphatic carbocycles. The summed E-state index contributed by atoms with van der Waals surface area (Å²) >= 11 is 2.85. The van der Waals surface area contributed by atoms with Gasteiger partial charge in [-0.2, -0.15) is 4.73 Å². The molecule has 0 aliphatic rings. The van der Waals surface area contributed by atoms with Crippen molar-refractivity contribution in [2.75, 3.05) is 5.75 Å². The van der Waals surface area contributed by atoms with E-state index in [2.05, 4.69) is 5.32 Å². The molecule has 6 heteroatoms. The third-order valence-corrected chi connectivity index (χ3v) is 4.56. The second-order valence-corrected chi connectivity index (χ2v) is 5.93. The van der Waals surface area contributed by atoms with Crippen LogP contribution in [0.25, 0.3) is 0 Å². The number of carbonyl (C=O) groups is 1. The molecule has 2 rings (SSSR count). The van der Waals surface area contributed by atoms with Gasteiger partial charge in [0.2, 0.25) is 5.91 Å². The highest BCUT2D eigenvalue weighted by Gasteiger charge is 2.12. The molecule has 0 saturated carbocycles. The Morgan fingerprint density at radius 3 is 3.00 bits per heavy atom. The van der Waals surface area contributed by atoms with Crippen molar-refractivity contribution in [1.29, 1.82) is 0 Å². The van der Waals surface area contributed by atoms with Crippen molar-refractivity contribution in [2.24, 2.45) is 0 Å². The van der Waals surface area contributed by atoms with Crippen LogP contribution in [0.15, 0.2) is 46.9 Å². The summed E-state index contributed by atoms with van der Waals surface area (Å²) in [5.41, 5.74) is 0. The van der Waals surface area contributed by atoms with Gasteiger partial charge in [-0.3, -0.25) is 4.79 Å². The second-order valence-electron chi connectivity index (χ2n) is 3.96. The Bertz CT molecular complexity index is 543. The van der Waals surface area contributed by atoms with Crippen LogP contribution in [0.4, 0.5) is 0 Å². The normalized spacial score (nSPS) is 12.1. The van der Waals surface area contributed by atoms with Crippen LogP contribution in [-0.4, -0.2) is 11.7 Å². The molecular formula is C13H14N2O2S2. The number of nitrogens with zero attached hydrogens (tertiary/aromatic N) is 1. The highest BCUT2D eigenvalue weighted by Crippen LogP contribution is 2.18. The summed E-state index contributed by atoms with van der Waals surface area (Å²) < 4.78 is 0.765. The molecule has 19 heavy (non-hydrogen) atoms. The first-order chi connectivity index (χ1) is 9.16. The Morgan fingerprint density at radius 1 is 1.47 bits per heavy atom. The van der Waals surface area contributed by atoms with E-state index in [4.69, 9.17) is 0 Å². The minimum Gasteiger partial charge on any atom is -0.618 e. The molecule has 2 aromatic heterocycles. The molecule has 1 N–H and O–H groups in total. The fraction of sp³-hybridized carbons (Fsp3) is 0.231. The van der Waals surface area contributed by atoms with E-state index in [1.54, 1.807) is 29.5 Å². The van der Waals surface area contributed by atoms with Gasteiger partial charge in [-0.25, -0.2) is 0 Å². The molecule has 0 radical (unpaired) electrons. The molecule has 1 amide bonds. The monoisotopic (exact) mass is 294 g/mol. The lowest BCUT2D eigenvalue weighted by Gasteiger charge is -2.11. The smallest absolute Gasteiger partial charge is 0.251 e. The molecule has 4 nitrogen and oxygen atoms in total. The minimum atomic E-state index is -0.0743. The van der Waals surface area contributed by atoms with Gasteiger partial charge in [0, 0.05) is 17.0 Å². The topological polar surface area (TPSA) is 56.0 Å². The van der Waals surface area contributed by atoms with Gasteiger partial charge in [-0.15, -0.1) is 11.3 Å². The van der Waals surface area contributed by atoms with E-state index >= 15 is 0 Å². The third-order valence-electron chi connectivity index (χ3n) is 2.49. The van der Waals surface area contributed by atoms with Gasteiger partial charge < -0.3 is 10.5 Å². The first kappa shape index (κ1) is 13.9. The number of carbonyl (C=O) groups excluding carboxylic acids is 1. The van der Waals surface area contributed by atoms with Crippen molar-refractivity contribution >= 4 is 29.0 Å². The van der Waals surface area contributed by atoms with E-state index in [0.29, 0.717) is 5.03 Å². The number of hydrogen-bond donors (Lipinski definition) is 1. The van der Waals surface area contributed by atoms with Crippen LogP contribution in [0.3, 0.4) is 0 Å². The highest BCUT2D eigenvalue weighted by atomic mass is 32.2. The fourth-order valence-electron chi connectivity index (χ4n) is 1.56. The Hall–Kier alpha value is -1.53. The molecule has 0 saturated heterocycles. The van der Waals surface area contributed by atoms with Crippen molar-refractivity contribution in [3.63, 3.8) is 0 Å². The summed E-state index contributed by atoms with van der Waals surface area (Å²) in [6.07, 6.45) is 1.43. The van der Waals surface area contributed by atoms with E-state index < -0.39 is 0 Å². The van der Waals surface area contributed by atoms with Gasteiger partial charge in [0.15, 0.2) is 6.20 Å². The average Bonchev–Trinajstić information content (AvgIpc) is 2.91. The van der Waals surface area contributed by atoms with Crippen molar-refractivity contribution in [3.8, 4) is 0 Å². The maximum atomic E-state index is 11.8. The molecule has 0 unspecified atom stereocenters. The highest BCUT2D eigenvalue weighted by molar-refractivity contribution is 7.99. The number of aromatic nitrogens is 1. The van der Waals surface area contributed by atoms with E-state index in [0.717, 1.165) is 9.61 Å². The first-order valence-electron chi connectivity index (χ1n) is 5.80. The SMILES string of the molecule is C[C@@H](NC(=O)CSc1cccc[n+]1[O-])c1cccs1. The fourth-order valence-corrected chi connectivity index (χ4v) is 3.02. The molecule has 2 heterocycles. The number of amides is 1. The average molecular weight is 294 g/mol. The summed E-state index contributed by atoms with van der Waals surface area (Å²) in [7, 11) is 0. The Morgan fingerprint density at radius 2 is 2.32 bits per heavy atom. The molecular weight excluding hydrogens is 280 g/mol. The summed E-state index contributed by atoms with van der Waals surface area (Å²) in [4.78, 5) is 12.9. The lowest BCUT2D eigenvalue weighted by Crippen LogP contribution is -2.30. The van der Waals surface area contributed by atoms with Gasteiger partial charge in [0.05, 0.1) is 11.8 Å². The standard InChI is InChI=1S/C13H14N2O2S2/c1-10(11-5-4-8-18-11)14-12(16)9-19-13-6-2-3-7-15(13)17/h2-8,10H,9H2,1H3,(H,14,16)/t10-/m1/s1. The Balaban J connectivity index is 1.84. The predicted octanol–water partition coefficient (Wildman–Crippen LogP) is 2.35. The molecule has 2 aromatic rings. The van der Waals surface area contributed by atoms with E-state index in [1.165, 1.54) is 18.0 Å². The minimum absolute atomic E-state index is 0.00301. The van der Waals surface area contributed by atoms with Crippen LogP contribution in [0.5, 0.6) is 0 Å². The number of rotatable bonds is 5. The van der Waals surface area contributed by atoms with Gasteiger partial charge in [0.1, 0.15) is 0 Å². The van der Waals surface area contributed by atoms with Crippen LogP contribution >= 0.6 is 23.1 Å². The van der Waals surface area contributed by atoms with Crippen LogP contribution in [0.2, 0.25) is 0 Å². The van der Waals surface area contributed by atoms with E-state index in [1.807, 2.05) is 24.4 Å². The lowest BCUT2D eigenvalue weighted by atomic mass is 10.3. The van der Waals surface area contributed by atoms with Gasteiger partial charge in [-0.1, -0.05) is 6.07 Å². The lowest BCUT2D eigenvalue weighted by molar-refractivity contribution is -0.645. The van der Waals surface area contributed by atoms with Gasteiger partial charge in [0.25, 0.3) is 5.03 Å². The zero-order chi connectivity index (χ0) is 13.7. The van der Waals surface area contributed by atoms with Crippen LogP contribution in [0.1, 0.15) is 17.8 Å². The molecule has 0 aliphatic heterocycles. The predicted molar refractivity (Wildman–Crippen MR) is 77.0 cm³/mol. The number of thioether (sulfide) groups is 1. The summed E-state index contributed by atoms with van der Waals surface area (Å²) in [5, 5.41) is 16.8. The quantitative estimate of drug-likeness (QED) is 0.523. The maximum Gasteiger partial charge on any atom is 0.251 e. The largest absolute Gasteiger partial charge is 0.618 e. The zero-order valence-corrected chi connectivity index (χ0v) is 12.0. The van der Waals surface area contributed by atoms with Crippen molar-refractivity contribution in [3.05, 3.63) is 52.0 Å². The summed E-state index contributed by atoms with van der Waals surface area (Å²) in [6.45, 7) is 1.95. The molecule has 1 atom stereocenters. The number of nitrogens with one attached hydrogen (secondary N) is 1. The first-order valence-corrected chi connectivity index (χ1v) is 7.67. The van der Waals surface area contributed by atoms with E-state index in [-0.39, 0.29) is 17.7 Å². The van der Waals surface area contributed by atoms with E-state index in [9.17, 15) is 10.0 Å². The van der Waals surface area contributed by atoms with Gasteiger partial charge >= 0.3 is 0 Å². The van der Waals surface area contributed by atoms with Crippen LogP contribution in [-0.2, 0) is 4.79 Å². The molecule has 0 spiro atoms. The third kappa shape index (κ3) is 3.97. The Kier molecular flexibility index (Phi) is 4.81. The molecule has 0 aromatic carbocycles. The summed E-state index contributed by atoms with van der Waals surface area (Å²) in [6, 6.07) is 9.10. The molecule has 0 fully saturated rings. The molecule has 0 bridgehead atoms. The zero-order valence-electron chi connectivity index (χ0n) is 10.4. The van der Waals surface area contributed by atoms with Crippen molar-refractivity contribution in [2.45, 2.75) is 18.0 Å². The number of hydrogen-bond acceptors (Lipinski definition) is 4. The number of thiophene rings is 1. The Labute approximate surface area is 120 Å². The van der Waals surface area contributed by atoms with Crippen LogP contribution in [0, 0.1) is 5.21 Å². The number of pyridine rings is 1. The van der Waals surface area contributed by atoms with Crippen LogP contribution < -0.4 is 10.0 Å². The summed E-state index contributed by atoms with van der Waals surface area (Å²) in [5.74, 6) is 0.164. The second kappa shape index (κ2) is 6.58. The maximum absolute atomic E-state index is 11.8. The van der Waals surface area contributed by atoms with Crippen molar-refractivity contribution < 1.29 is 9.52 Å². The van der Waals surface area contributed by atoms with Crippen molar-refractivity contribution in [1.82, 2.24) is 5.32 Å². The van der Waals surface area contributed by atoms with Gasteiger partial charge in [-0.05, 0) is 36.2 Å².